The fourth-order valence-corrected chi connectivity index (χ4v) is 3.43. The maximum atomic E-state index is 11.9. The molecule has 1 rings (SSSR count). The predicted molar refractivity (Wildman–Crippen MR) is 71.1 cm³/mol. The maximum Gasteiger partial charge on any atom is 0.409 e. The molecule has 7 heteroatoms. The third-order valence-electron chi connectivity index (χ3n) is 3.62. The number of alkyl carbamates (subject to hydrolysis) is 1. The minimum absolute atomic E-state index is 0.0359. The average molecular weight is 290 g/mol. The zero-order chi connectivity index (χ0) is 15.4. The molecule has 1 aliphatic rings. The molecule has 0 bridgehead atoms. The summed E-state index contributed by atoms with van der Waals surface area (Å²) in [6, 6.07) is -0.153. The zero-order valence-corrected chi connectivity index (χ0v) is 12.2. The van der Waals surface area contributed by atoms with Crippen LogP contribution in [-0.2, 0) is 4.74 Å². The van der Waals surface area contributed by atoms with Gasteiger partial charge in [0.15, 0.2) is 0 Å². The SMILES string of the molecule is CC1(C)CC(NC(=O)O)CC(C)(CNC(=O)OCF)C1. The normalized spacial score (nSPS) is 28.5. The van der Waals surface area contributed by atoms with Gasteiger partial charge < -0.3 is 20.5 Å². The summed E-state index contributed by atoms with van der Waals surface area (Å²) >= 11 is 0. The largest absolute Gasteiger partial charge is 0.465 e. The van der Waals surface area contributed by atoms with Crippen LogP contribution >= 0.6 is 0 Å². The molecule has 0 aromatic heterocycles. The average Bonchev–Trinajstić information content (AvgIpc) is 2.23. The summed E-state index contributed by atoms with van der Waals surface area (Å²) in [6.45, 7) is 5.30. The molecular weight excluding hydrogens is 267 g/mol. The minimum atomic E-state index is -1.16. The number of ether oxygens (including phenoxy) is 1. The van der Waals surface area contributed by atoms with E-state index in [1.54, 1.807) is 0 Å². The predicted octanol–water partition coefficient (Wildman–Crippen LogP) is 2.49. The molecular formula is C13H23FN2O4. The van der Waals surface area contributed by atoms with Crippen molar-refractivity contribution in [2.75, 3.05) is 13.4 Å². The summed E-state index contributed by atoms with van der Waals surface area (Å²) in [7, 11) is 0. The van der Waals surface area contributed by atoms with Gasteiger partial charge in [-0.3, -0.25) is 0 Å². The summed E-state index contributed by atoms with van der Waals surface area (Å²) in [4.78, 5) is 22.0. The standard InChI is InChI=1S/C13H23FN2O4/c1-12(2)4-9(16-10(17)18)5-13(3,6-12)7-15-11(19)20-8-14/h9,16H,4-8H2,1-3H3,(H,15,19)(H,17,18). The summed E-state index contributed by atoms with van der Waals surface area (Å²) in [5.41, 5.74) is -0.296. The highest BCUT2D eigenvalue weighted by atomic mass is 19.1. The highest BCUT2D eigenvalue weighted by Crippen LogP contribution is 2.45. The Morgan fingerprint density at radius 2 is 2.00 bits per heavy atom. The van der Waals surface area contributed by atoms with Gasteiger partial charge in [0.2, 0.25) is 6.86 Å². The molecule has 3 N–H and O–H groups in total. The lowest BCUT2D eigenvalue weighted by molar-refractivity contribution is 0.0604. The Balaban J connectivity index is 2.65. The molecule has 2 atom stereocenters. The lowest BCUT2D eigenvalue weighted by Gasteiger charge is -2.46. The third-order valence-corrected chi connectivity index (χ3v) is 3.62. The molecule has 0 heterocycles. The van der Waals surface area contributed by atoms with Gasteiger partial charge in [0, 0.05) is 12.6 Å². The van der Waals surface area contributed by atoms with Crippen LogP contribution in [0, 0.1) is 10.8 Å². The van der Waals surface area contributed by atoms with Crippen molar-refractivity contribution in [3.8, 4) is 0 Å². The molecule has 1 fully saturated rings. The Labute approximate surface area is 118 Å². The van der Waals surface area contributed by atoms with Gasteiger partial charge in [0.25, 0.3) is 0 Å². The topological polar surface area (TPSA) is 87.7 Å². The van der Waals surface area contributed by atoms with Gasteiger partial charge in [-0.25, -0.2) is 14.0 Å². The van der Waals surface area contributed by atoms with Crippen molar-refractivity contribution in [2.24, 2.45) is 10.8 Å². The first-order chi connectivity index (χ1) is 9.16. The molecule has 0 saturated heterocycles. The molecule has 0 radical (unpaired) electrons. The van der Waals surface area contributed by atoms with E-state index in [4.69, 9.17) is 5.11 Å². The van der Waals surface area contributed by atoms with Crippen LogP contribution in [0.4, 0.5) is 14.0 Å². The van der Waals surface area contributed by atoms with E-state index in [1.807, 2.05) is 6.92 Å². The van der Waals surface area contributed by atoms with E-state index in [-0.39, 0.29) is 16.9 Å². The molecule has 0 spiro atoms. The van der Waals surface area contributed by atoms with Gasteiger partial charge in [-0.2, -0.15) is 0 Å². The van der Waals surface area contributed by atoms with Crippen molar-refractivity contribution in [2.45, 2.75) is 46.1 Å². The second-order valence-electron chi connectivity index (χ2n) is 6.60. The molecule has 1 saturated carbocycles. The van der Waals surface area contributed by atoms with Crippen LogP contribution in [0.2, 0.25) is 0 Å². The second-order valence-corrected chi connectivity index (χ2v) is 6.60. The summed E-state index contributed by atoms with van der Waals surface area (Å²) < 4.78 is 16.1. The van der Waals surface area contributed by atoms with E-state index in [2.05, 4.69) is 29.2 Å². The minimum Gasteiger partial charge on any atom is -0.465 e. The number of nitrogens with one attached hydrogen (secondary N) is 2. The molecule has 2 unspecified atom stereocenters. The molecule has 0 aliphatic heterocycles. The second kappa shape index (κ2) is 6.28. The van der Waals surface area contributed by atoms with Gasteiger partial charge in [-0.15, -0.1) is 0 Å². The number of rotatable bonds is 4. The maximum absolute atomic E-state index is 11.9. The van der Waals surface area contributed by atoms with Gasteiger partial charge in [-0.1, -0.05) is 20.8 Å². The van der Waals surface area contributed by atoms with E-state index >= 15 is 0 Å². The van der Waals surface area contributed by atoms with Crippen molar-refractivity contribution in [1.29, 1.82) is 0 Å². The van der Waals surface area contributed by atoms with Crippen molar-refractivity contribution < 1.29 is 23.8 Å². The molecule has 20 heavy (non-hydrogen) atoms. The van der Waals surface area contributed by atoms with Crippen molar-refractivity contribution >= 4 is 12.2 Å². The van der Waals surface area contributed by atoms with Crippen molar-refractivity contribution in [3.63, 3.8) is 0 Å². The Bertz CT molecular complexity index is 375. The number of amides is 2. The lowest BCUT2D eigenvalue weighted by atomic mass is 9.62. The third kappa shape index (κ3) is 5.22. The fourth-order valence-electron chi connectivity index (χ4n) is 3.43. The van der Waals surface area contributed by atoms with Crippen LogP contribution < -0.4 is 10.6 Å². The molecule has 116 valence electrons. The first kappa shape index (κ1) is 16.5. The first-order valence-corrected chi connectivity index (χ1v) is 6.62. The highest BCUT2D eigenvalue weighted by Gasteiger charge is 2.41. The van der Waals surface area contributed by atoms with Crippen LogP contribution in [0.15, 0.2) is 0 Å². The van der Waals surface area contributed by atoms with Gasteiger partial charge >= 0.3 is 12.2 Å². The highest BCUT2D eigenvalue weighted by molar-refractivity contribution is 5.67. The molecule has 0 aromatic rings. The number of hydrogen-bond donors (Lipinski definition) is 3. The number of carbonyl (C=O) groups is 2. The Morgan fingerprint density at radius 1 is 1.35 bits per heavy atom. The number of hydrogen-bond acceptors (Lipinski definition) is 3. The zero-order valence-electron chi connectivity index (χ0n) is 12.2. The van der Waals surface area contributed by atoms with E-state index in [0.717, 1.165) is 12.8 Å². The number of halogens is 1. The van der Waals surface area contributed by atoms with Gasteiger partial charge in [0.1, 0.15) is 0 Å². The Kier molecular flexibility index (Phi) is 5.19. The number of alkyl halides is 1. The van der Waals surface area contributed by atoms with E-state index in [1.165, 1.54) is 0 Å². The van der Waals surface area contributed by atoms with E-state index in [0.29, 0.717) is 13.0 Å². The van der Waals surface area contributed by atoms with Crippen LogP contribution in [-0.4, -0.2) is 36.7 Å². The Hall–Kier alpha value is -1.53. The smallest absolute Gasteiger partial charge is 0.409 e. The molecule has 1 aliphatic carbocycles. The monoisotopic (exact) mass is 290 g/mol. The molecule has 0 aromatic carbocycles. The lowest BCUT2D eigenvalue weighted by Crippen LogP contribution is -2.50. The van der Waals surface area contributed by atoms with Crippen LogP contribution in [0.5, 0.6) is 0 Å². The van der Waals surface area contributed by atoms with Crippen LogP contribution in [0.1, 0.15) is 40.0 Å². The van der Waals surface area contributed by atoms with E-state index < -0.39 is 19.0 Å². The first-order valence-electron chi connectivity index (χ1n) is 6.62. The van der Waals surface area contributed by atoms with E-state index in [9.17, 15) is 14.0 Å². The van der Waals surface area contributed by atoms with Crippen LogP contribution in [0.3, 0.4) is 0 Å². The molecule has 2 amide bonds. The summed E-state index contributed by atoms with van der Waals surface area (Å²) in [5.74, 6) is 0. The number of carbonyl (C=O) groups excluding carboxylic acids is 1. The van der Waals surface area contributed by atoms with Crippen LogP contribution in [0.25, 0.3) is 0 Å². The number of carboxylic acid groups (broad SMARTS) is 1. The quantitative estimate of drug-likeness (QED) is 0.742. The Morgan fingerprint density at radius 3 is 2.55 bits per heavy atom. The van der Waals surface area contributed by atoms with Gasteiger partial charge in [0.05, 0.1) is 0 Å². The van der Waals surface area contributed by atoms with Crippen molar-refractivity contribution in [3.05, 3.63) is 0 Å². The fraction of sp³-hybridized carbons (Fsp3) is 0.846. The van der Waals surface area contributed by atoms with Gasteiger partial charge in [-0.05, 0) is 30.1 Å². The van der Waals surface area contributed by atoms with Crippen molar-refractivity contribution in [1.82, 2.24) is 10.6 Å². The summed E-state index contributed by atoms with van der Waals surface area (Å²) in [5, 5.41) is 13.9. The summed E-state index contributed by atoms with van der Waals surface area (Å²) in [6.07, 6.45) is 0.385. The molecule has 6 nitrogen and oxygen atoms in total.